The molecule has 1 atom stereocenters. The highest BCUT2D eigenvalue weighted by Crippen LogP contribution is 2.26. The number of rotatable bonds is 3. The molecule has 1 aliphatic heterocycles. The van der Waals surface area contributed by atoms with Gasteiger partial charge in [-0.2, -0.15) is 0 Å². The molecule has 1 fully saturated rings. The number of fused-ring (bicyclic) bond motifs is 1. The van der Waals surface area contributed by atoms with E-state index in [1.807, 2.05) is 18.2 Å². The molecule has 1 aromatic carbocycles. The maximum Gasteiger partial charge on any atom is 0.154 e. The number of nitrogens with zero attached hydrogens (tertiary/aromatic N) is 1. The first-order chi connectivity index (χ1) is 9.56. The molecule has 0 radical (unpaired) electrons. The van der Waals surface area contributed by atoms with E-state index in [2.05, 4.69) is 10.3 Å². The molecule has 6 heteroatoms. The third-order valence-electron chi connectivity index (χ3n) is 3.69. The molecule has 4 nitrogen and oxygen atoms in total. The van der Waals surface area contributed by atoms with Crippen LogP contribution in [0.25, 0.3) is 10.9 Å². The van der Waals surface area contributed by atoms with Gasteiger partial charge in [0.05, 0.1) is 16.5 Å². The van der Waals surface area contributed by atoms with Gasteiger partial charge in [-0.05, 0) is 37.1 Å². The quantitative estimate of drug-likeness (QED) is 0.947. The van der Waals surface area contributed by atoms with Gasteiger partial charge in [0.15, 0.2) is 9.84 Å². The Kier molecular flexibility index (Phi) is 3.56. The lowest BCUT2D eigenvalue weighted by Gasteiger charge is -2.13. The highest BCUT2D eigenvalue weighted by Gasteiger charge is 2.30. The maximum atomic E-state index is 11.8. The van der Waals surface area contributed by atoms with Gasteiger partial charge in [-0.3, -0.25) is 4.98 Å². The lowest BCUT2D eigenvalue weighted by atomic mass is 10.2. The normalized spacial score (nSPS) is 21.1. The SMILES string of the molecule is O=S1(=O)CCCC1CNc1ccnc2cc(Cl)ccc12. The summed E-state index contributed by atoms with van der Waals surface area (Å²) >= 11 is 5.95. The number of halogens is 1. The van der Waals surface area contributed by atoms with Crippen molar-refractivity contribution < 1.29 is 8.42 Å². The van der Waals surface area contributed by atoms with Crippen LogP contribution in [0.4, 0.5) is 5.69 Å². The van der Waals surface area contributed by atoms with Crippen LogP contribution in [-0.2, 0) is 9.84 Å². The molecule has 0 aliphatic carbocycles. The second-order valence-corrected chi connectivity index (χ2v) is 7.87. The van der Waals surface area contributed by atoms with Gasteiger partial charge in [-0.25, -0.2) is 8.42 Å². The zero-order valence-electron chi connectivity index (χ0n) is 10.8. The summed E-state index contributed by atoms with van der Waals surface area (Å²) in [4.78, 5) is 4.27. The Morgan fingerprint density at radius 1 is 1.35 bits per heavy atom. The Hall–Kier alpha value is -1.33. The summed E-state index contributed by atoms with van der Waals surface area (Å²) in [5, 5.41) is 4.55. The van der Waals surface area contributed by atoms with Gasteiger partial charge in [0.25, 0.3) is 0 Å². The molecule has 0 bridgehead atoms. The van der Waals surface area contributed by atoms with Crippen molar-refractivity contribution in [2.45, 2.75) is 18.1 Å². The van der Waals surface area contributed by atoms with E-state index in [1.54, 1.807) is 12.3 Å². The van der Waals surface area contributed by atoms with E-state index >= 15 is 0 Å². The minimum absolute atomic E-state index is 0.280. The number of nitrogens with one attached hydrogen (secondary N) is 1. The predicted molar refractivity (Wildman–Crippen MR) is 82.1 cm³/mol. The van der Waals surface area contributed by atoms with Crippen LogP contribution in [-0.4, -0.2) is 30.9 Å². The minimum Gasteiger partial charge on any atom is -0.383 e. The Bertz CT molecular complexity index is 746. The fourth-order valence-corrected chi connectivity index (χ4v) is 4.52. The molecule has 2 heterocycles. The Balaban J connectivity index is 1.85. The minimum atomic E-state index is -2.92. The standard InChI is InChI=1S/C14H15ClN2O2S/c15-10-3-4-12-13(5-6-16-14(12)8-10)17-9-11-2-1-7-20(11,18)19/h3-6,8,11H,1-2,7,9H2,(H,16,17). The second-order valence-electron chi connectivity index (χ2n) is 5.03. The van der Waals surface area contributed by atoms with Gasteiger partial charge in [0.2, 0.25) is 0 Å². The van der Waals surface area contributed by atoms with Crippen molar-refractivity contribution in [1.82, 2.24) is 4.98 Å². The lowest BCUT2D eigenvalue weighted by Crippen LogP contribution is -2.25. The van der Waals surface area contributed by atoms with Crippen LogP contribution in [0.5, 0.6) is 0 Å². The van der Waals surface area contributed by atoms with Gasteiger partial charge in [0, 0.05) is 28.8 Å². The summed E-state index contributed by atoms with van der Waals surface area (Å²) in [6, 6.07) is 7.37. The number of benzene rings is 1. The Morgan fingerprint density at radius 2 is 2.20 bits per heavy atom. The molecule has 3 rings (SSSR count). The number of sulfone groups is 1. The first-order valence-corrected chi connectivity index (χ1v) is 8.65. The molecule has 1 N–H and O–H groups in total. The number of anilines is 1. The lowest BCUT2D eigenvalue weighted by molar-refractivity contribution is 0.591. The van der Waals surface area contributed by atoms with E-state index < -0.39 is 9.84 Å². The summed E-state index contributed by atoms with van der Waals surface area (Å²) in [5.41, 5.74) is 1.70. The molecule has 106 valence electrons. The topological polar surface area (TPSA) is 59.1 Å². The van der Waals surface area contributed by atoms with Crippen LogP contribution in [0, 0.1) is 0 Å². The van der Waals surface area contributed by atoms with Gasteiger partial charge >= 0.3 is 0 Å². The van der Waals surface area contributed by atoms with Crippen molar-refractivity contribution >= 4 is 38.0 Å². The molecular formula is C14H15ClN2O2S. The molecule has 1 unspecified atom stereocenters. The predicted octanol–water partition coefficient (Wildman–Crippen LogP) is 2.88. The van der Waals surface area contributed by atoms with Crippen molar-refractivity contribution in [3.63, 3.8) is 0 Å². The smallest absolute Gasteiger partial charge is 0.154 e. The van der Waals surface area contributed by atoms with Gasteiger partial charge in [0.1, 0.15) is 0 Å². The molecule has 0 saturated carbocycles. The molecule has 2 aromatic rings. The van der Waals surface area contributed by atoms with E-state index in [0.717, 1.165) is 29.4 Å². The monoisotopic (exact) mass is 310 g/mol. The largest absolute Gasteiger partial charge is 0.383 e. The molecule has 0 spiro atoms. The zero-order valence-corrected chi connectivity index (χ0v) is 12.4. The highest BCUT2D eigenvalue weighted by molar-refractivity contribution is 7.92. The summed E-state index contributed by atoms with van der Waals surface area (Å²) in [5.74, 6) is 0.312. The fourth-order valence-electron chi connectivity index (χ4n) is 2.59. The van der Waals surface area contributed by atoms with Crippen LogP contribution < -0.4 is 5.32 Å². The summed E-state index contributed by atoms with van der Waals surface area (Å²) < 4.78 is 23.6. The van der Waals surface area contributed by atoms with Crippen LogP contribution >= 0.6 is 11.6 Å². The summed E-state index contributed by atoms with van der Waals surface area (Å²) in [7, 11) is -2.92. The van der Waals surface area contributed by atoms with Crippen molar-refractivity contribution in [2.24, 2.45) is 0 Å². The fraction of sp³-hybridized carbons (Fsp3) is 0.357. The van der Waals surface area contributed by atoms with Gasteiger partial charge in [-0.15, -0.1) is 0 Å². The highest BCUT2D eigenvalue weighted by atomic mass is 35.5. The Morgan fingerprint density at radius 3 is 2.95 bits per heavy atom. The average Bonchev–Trinajstić information content (AvgIpc) is 2.75. The van der Waals surface area contributed by atoms with Crippen molar-refractivity contribution in [3.05, 3.63) is 35.5 Å². The average molecular weight is 311 g/mol. The maximum absolute atomic E-state index is 11.8. The molecule has 1 aromatic heterocycles. The summed E-state index contributed by atoms with van der Waals surface area (Å²) in [6.45, 7) is 0.448. The second kappa shape index (κ2) is 5.22. The third-order valence-corrected chi connectivity index (χ3v) is 6.20. The molecule has 20 heavy (non-hydrogen) atoms. The molecule has 1 aliphatic rings. The summed E-state index contributed by atoms with van der Waals surface area (Å²) in [6.07, 6.45) is 3.20. The van der Waals surface area contributed by atoms with E-state index in [1.165, 1.54) is 0 Å². The van der Waals surface area contributed by atoms with Crippen LogP contribution in [0.2, 0.25) is 5.02 Å². The van der Waals surface area contributed by atoms with Crippen molar-refractivity contribution in [2.75, 3.05) is 17.6 Å². The van der Waals surface area contributed by atoms with E-state index in [4.69, 9.17) is 11.6 Å². The van der Waals surface area contributed by atoms with Crippen LogP contribution in [0.3, 0.4) is 0 Å². The van der Waals surface area contributed by atoms with Crippen molar-refractivity contribution in [3.8, 4) is 0 Å². The van der Waals surface area contributed by atoms with E-state index in [0.29, 0.717) is 17.3 Å². The number of aromatic nitrogens is 1. The van der Waals surface area contributed by atoms with Crippen LogP contribution in [0.1, 0.15) is 12.8 Å². The molecular weight excluding hydrogens is 296 g/mol. The molecule has 1 saturated heterocycles. The zero-order chi connectivity index (χ0) is 14.2. The van der Waals surface area contributed by atoms with Gasteiger partial charge in [-0.1, -0.05) is 11.6 Å². The first-order valence-electron chi connectivity index (χ1n) is 6.56. The molecule has 0 amide bonds. The van der Waals surface area contributed by atoms with E-state index in [9.17, 15) is 8.42 Å². The number of pyridine rings is 1. The number of hydrogen-bond acceptors (Lipinski definition) is 4. The van der Waals surface area contributed by atoms with Crippen molar-refractivity contribution in [1.29, 1.82) is 0 Å². The first kappa shape index (κ1) is 13.6. The van der Waals surface area contributed by atoms with Gasteiger partial charge < -0.3 is 5.32 Å². The number of hydrogen-bond donors (Lipinski definition) is 1. The third kappa shape index (κ3) is 2.60. The van der Waals surface area contributed by atoms with Crippen LogP contribution in [0.15, 0.2) is 30.5 Å². The Labute approximate surface area is 123 Å². The van der Waals surface area contributed by atoms with E-state index in [-0.39, 0.29) is 5.25 Å².